The summed E-state index contributed by atoms with van der Waals surface area (Å²) in [6.07, 6.45) is 17.5. The topological polar surface area (TPSA) is 9.23 Å². The summed E-state index contributed by atoms with van der Waals surface area (Å²) in [5.74, 6) is 4.76. The van der Waals surface area contributed by atoms with E-state index < -0.39 is 0 Å². The molecule has 1 nitrogen and oxygen atoms in total. The van der Waals surface area contributed by atoms with Crippen LogP contribution in [0, 0.1) is 17.8 Å². The Balaban J connectivity index is 1.31. The van der Waals surface area contributed by atoms with Crippen molar-refractivity contribution in [3.05, 3.63) is 42.0 Å². The molecule has 2 saturated carbocycles. The van der Waals surface area contributed by atoms with Crippen molar-refractivity contribution >= 4 is 10.8 Å². The van der Waals surface area contributed by atoms with Gasteiger partial charge in [-0.3, -0.25) is 0 Å². The van der Waals surface area contributed by atoms with Crippen molar-refractivity contribution in [1.29, 1.82) is 0 Å². The first-order valence-corrected chi connectivity index (χ1v) is 12.3. The highest BCUT2D eigenvalue weighted by atomic mass is 16.5. The van der Waals surface area contributed by atoms with Crippen molar-refractivity contribution < 1.29 is 4.74 Å². The van der Waals surface area contributed by atoms with Crippen LogP contribution in [-0.2, 0) is 0 Å². The SMILES string of the molecule is CCCCCCCC1CCC2CC(c3ccc4cc(OC)ccc4c3)CCC2C1. The van der Waals surface area contributed by atoms with Crippen LogP contribution in [0.1, 0.15) is 95.5 Å². The second-order valence-electron chi connectivity index (χ2n) is 9.88. The Labute approximate surface area is 178 Å². The normalized spacial score (nSPS) is 27.0. The van der Waals surface area contributed by atoms with Gasteiger partial charge in [-0.1, -0.05) is 76.1 Å². The Morgan fingerprint density at radius 3 is 2.41 bits per heavy atom. The van der Waals surface area contributed by atoms with Gasteiger partial charge in [-0.2, -0.15) is 0 Å². The fraction of sp³-hybridized carbons (Fsp3) is 0.643. The lowest BCUT2D eigenvalue weighted by Gasteiger charge is -2.42. The molecule has 158 valence electrons. The van der Waals surface area contributed by atoms with E-state index in [-0.39, 0.29) is 0 Å². The summed E-state index contributed by atoms with van der Waals surface area (Å²) in [4.78, 5) is 0. The number of benzene rings is 2. The van der Waals surface area contributed by atoms with Gasteiger partial charge in [-0.15, -0.1) is 0 Å². The van der Waals surface area contributed by atoms with Crippen LogP contribution >= 0.6 is 0 Å². The summed E-state index contributed by atoms with van der Waals surface area (Å²) in [6.45, 7) is 2.31. The largest absolute Gasteiger partial charge is 0.497 e. The summed E-state index contributed by atoms with van der Waals surface area (Å²) in [7, 11) is 1.75. The number of hydrogen-bond acceptors (Lipinski definition) is 1. The maximum absolute atomic E-state index is 5.38. The Hall–Kier alpha value is -1.50. The van der Waals surface area contributed by atoms with Gasteiger partial charge in [0.05, 0.1) is 7.11 Å². The Kier molecular flexibility index (Phi) is 7.16. The monoisotopic (exact) mass is 392 g/mol. The summed E-state index contributed by atoms with van der Waals surface area (Å²) in [5.41, 5.74) is 1.57. The van der Waals surface area contributed by atoms with Gasteiger partial charge >= 0.3 is 0 Å². The predicted octanol–water partition coefficient (Wildman–Crippen LogP) is 8.51. The Morgan fingerprint density at radius 1 is 0.793 bits per heavy atom. The molecule has 2 aliphatic carbocycles. The maximum Gasteiger partial charge on any atom is 0.119 e. The minimum Gasteiger partial charge on any atom is -0.497 e. The van der Waals surface area contributed by atoms with Gasteiger partial charge < -0.3 is 4.74 Å². The fourth-order valence-corrected chi connectivity index (χ4v) is 6.21. The molecule has 2 aromatic carbocycles. The molecule has 4 unspecified atom stereocenters. The smallest absolute Gasteiger partial charge is 0.119 e. The molecule has 29 heavy (non-hydrogen) atoms. The fourth-order valence-electron chi connectivity index (χ4n) is 6.21. The third-order valence-corrected chi connectivity index (χ3v) is 7.98. The van der Waals surface area contributed by atoms with E-state index in [4.69, 9.17) is 4.74 Å². The van der Waals surface area contributed by atoms with E-state index in [0.717, 1.165) is 29.4 Å². The number of hydrogen-bond donors (Lipinski definition) is 0. The number of ether oxygens (including phenoxy) is 1. The summed E-state index contributed by atoms with van der Waals surface area (Å²) in [6, 6.07) is 13.6. The second-order valence-corrected chi connectivity index (χ2v) is 9.88. The van der Waals surface area contributed by atoms with Crippen LogP contribution in [0.3, 0.4) is 0 Å². The van der Waals surface area contributed by atoms with Crippen molar-refractivity contribution in [3.63, 3.8) is 0 Å². The average molecular weight is 393 g/mol. The molecule has 1 heteroatoms. The van der Waals surface area contributed by atoms with Crippen molar-refractivity contribution in [2.75, 3.05) is 7.11 Å². The highest BCUT2D eigenvalue weighted by Crippen LogP contribution is 2.48. The average Bonchev–Trinajstić information content (AvgIpc) is 2.77. The van der Waals surface area contributed by atoms with Gasteiger partial charge in [0.1, 0.15) is 5.75 Å². The highest BCUT2D eigenvalue weighted by molar-refractivity contribution is 5.84. The van der Waals surface area contributed by atoms with E-state index in [0.29, 0.717) is 0 Å². The summed E-state index contributed by atoms with van der Waals surface area (Å²) in [5, 5.41) is 2.65. The van der Waals surface area contributed by atoms with Gasteiger partial charge in [-0.05, 0) is 84.2 Å². The van der Waals surface area contributed by atoms with E-state index in [1.807, 2.05) is 0 Å². The molecule has 0 aromatic heterocycles. The van der Waals surface area contributed by atoms with Crippen molar-refractivity contribution in [2.45, 2.75) is 89.9 Å². The zero-order chi connectivity index (χ0) is 20.1. The van der Waals surface area contributed by atoms with Crippen LogP contribution < -0.4 is 4.74 Å². The van der Waals surface area contributed by atoms with Crippen LogP contribution in [-0.4, -0.2) is 7.11 Å². The van der Waals surface area contributed by atoms with E-state index in [9.17, 15) is 0 Å². The van der Waals surface area contributed by atoms with E-state index >= 15 is 0 Å². The highest BCUT2D eigenvalue weighted by Gasteiger charge is 2.35. The molecule has 0 saturated heterocycles. The third-order valence-electron chi connectivity index (χ3n) is 7.98. The van der Waals surface area contributed by atoms with Gasteiger partial charge in [-0.25, -0.2) is 0 Å². The standard InChI is InChI=1S/C28H40O/c1-3-4-5-6-7-8-21-9-10-23-18-24(12-11-22(23)17-21)25-13-14-27-20-28(29-2)16-15-26(27)19-25/h13-16,19-24H,3-12,17-18H2,1-2H3. The molecule has 0 amide bonds. The van der Waals surface area contributed by atoms with Crippen LogP contribution in [0.25, 0.3) is 10.8 Å². The first kappa shape index (κ1) is 20.8. The molecule has 0 spiro atoms. The lowest BCUT2D eigenvalue weighted by molar-refractivity contribution is 0.113. The van der Waals surface area contributed by atoms with Crippen LogP contribution in [0.15, 0.2) is 36.4 Å². The predicted molar refractivity (Wildman–Crippen MR) is 125 cm³/mol. The number of methoxy groups -OCH3 is 1. The number of rotatable bonds is 8. The van der Waals surface area contributed by atoms with Gasteiger partial charge in [0.15, 0.2) is 0 Å². The van der Waals surface area contributed by atoms with Gasteiger partial charge in [0, 0.05) is 0 Å². The van der Waals surface area contributed by atoms with Gasteiger partial charge in [0.2, 0.25) is 0 Å². The quantitative estimate of drug-likeness (QED) is 0.409. The van der Waals surface area contributed by atoms with Crippen molar-refractivity contribution in [3.8, 4) is 5.75 Å². The number of unbranched alkanes of at least 4 members (excludes halogenated alkanes) is 4. The zero-order valence-electron chi connectivity index (χ0n) is 18.7. The van der Waals surface area contributed by atoms with Crippen molar-refractivity contribution in [2.24, 2.45) is 17.8 Å². The minimum absolute atomic E-state index is 0.772. The van der Waals surface area contributed by atoms with E-state index in [1.165, 1.54) is 87.8 Å². The molecule has 0 heterocycles. The molecule has 4 rings (SSSR count). The molecule has 0 N–H and O–H groups in total. The molecule has 0 aliphatic heterocycles. The van der Waals surface area contributed by atoms with Crippen LogP contribution in [0.2, 0.25) is 0 Å². The summed E-state index contributed by atoms with van der Waals surface area (Å²) >= 11 is 0. The molecular weight excluding hydrogens is 352 g/mol. The van der Waals surface area contributed by atoms with E-state index in [2.05, 4.69) is 43.3 Å². The molecule has 4 atom stereocenters. The molecule has 0 radical (unpaired) electrons. The third kappa shape index (κ3) is 5.16. The lowest BCUT2D eigenvalue weighted by atomic mass is 9.63. The van der Waals surface area contributed by atoms with Crippen LogP contribution in [0.4, 0.5) is 0 Å². The lowest BCUT2D eigenvalue weighted by Crippen LogP contribution is -2.30. The molecule has 2 aromatic rings. The number of fused-ring (bicyclic) bond motifs is 2. The van der Waals surface area contributed by atoms with Crippen LogP contribution in [0.5, 0.6) is 5.75 Å². The second kappa shape index (κ2) is 10.0. The van der Waals surface area contributed by atoms with Gasteiger partial charge in [0.25, 0.3) is 0 Å². The van der Waals surface area contributed by atoms with E-state index in [1.54, 1.807) is 12.7 Å². The maximum atomic E-state index is 5.38. The Bertz CT molecular complexity index is 779. The first-order chi connectivity index (χ1) is 14.3. The minimum atomic E-state index is 0.772. The molecule has 2 fully saturated rings. The first-order valence-electron chi connectivity index (χ1n) is 12.3. The zero-order valence-corrected chi connectivity index (χ0v) is 18.7. The summed E-state index contributed by atoms with van der Waals surface area (Å²) < 4.78 is 5.38. The molecule has 0 bridgehead atoms. The Morgan fingerprint density at radius 2 is 1.55 bits per heavy atom. The molecular formula is C28H40O. The van der Waals surface area contributed by atoms with Crippen molar-refractivity contribution in [1.82, 2.24) is 0 Å². The molecule has 2 aliphatic rings.